The fourth-order valence-corrected chi connectivity index (χ4v) is 1.98. The molecule has 24 heavy (non-hydrogen) atoms. The largest absolute Gasteiger partial charge is 0.484 e. The van der Waals surface area contributed by atoms with E-state index in [2.05, 4.69) is 10.6 Å². The summed E-state index contributed by atoms with van der Waals surface area (Å²) in [5.41, 5.74) is 1.19. The maximum Gasteiger partial charge on any atom is 0.262 e. The van der Waals surface area contributed by atoms with Gasteiger partial charge in [-0.25, -0.2) is 0 Å². The lowest BCUT2D eigenvalue weighted by atomic mass is 10.1. The molecule has 2 aromatic carbocycles. The number of hydrogen-bond donors (Lipinski definition) is 2. The minimum absolute atomic E-state index is 0.0692. The van der Waals surface area contributed by atoms with Gasteiger partial charge in [-0.3, -0.25) is 9.59 Å². The van der Waals surface area contributed by atoms with Gasteiger partial charge in [-0.1, -0.05) is 25.1 Å². The second-order valence-corrected chi connectivity index (χ2v) is 5.51. The fraction of sp³-hybridized carbons (Fsp3) is 0.263. The summed E-state index contributed by atoms with van der Waals surface area (Å²) >= 11 is 0. The Morgan fingerprint density at radius 2 is 1.71 bits per heavy atom. The number of para-hydroxylation sites is 1. The van der Waals surface area contributed by atoms with Crippen LogP contribution in [0.2, 0.25) is 0 Å². The SMILES string of the molecule is CCC(C)NC(=O)c1ccc(NC(=O)COc2ccccc2)cc1. The number of hydrogen-bond acceptors (Lipinski definition) is 3. The number of amides is 2. The van der Waals surface area contributed by atoms with Gasteiger partial charge in [-0.15, -0.1) is 0 Å². The Labute approximate surface area is 142 Å². The van der Waals surface area contributed by atoms with E-state index < -0.39 is 0 Å². The predicted octanol–water partition coefficient (Wildman–Crippen LogP) is 3.23. The molecule has 2 N–H and O–H groups in total. The third kappa shape index (κ3) is 5.43. The smallest absolute Gasteiger partial charge is 0.262 e. The average Bonchev–Trinajstić information content (AvgIpc) is 2.61. The molecule has 5 nitrogen and oxygen atoms in total. The number of benzene rings is 2. The van der Waals surface area contributed by atoms with Crippen LogP contribution in [0, 0.1) is 0 Å². The molecule has 126 valence electrons. The molecule has 0 radical (unpaired) electrons. The number of nitrogens with one attached hydrogen (secondary N) is 2. The molecule has 0 aliphatic heterocycles. The minimum atomic E-state index is -0.254. The summed E-state index contributed by atoms with van der Waals surface area (Å²) in [6.07, 6.45) is 0.876. The number of carbonyl (C=O) groups is 2. The third-order valence-corrected chi connectivity index (χ3v) is 3.53. The first kappa shape index (κ1) is 17.5. The van der Waals surface area contributed by atoms with E-state index in [1.54, 1.807) is 36.4 Å². The Bertz CT molecular complexity index is 669. The van der Waals surface area contributed by atoms with Crippen LogP contribution in [0.3, 0.4) is 0 Å². The summed E-state index contributed by atoms with van der Waals surface area (Å²) < 4.78 is 5.38. The second kappa shape index (κ2) is 8.72. The van der Waals surface area contributed by atoms with Crippen molar-refractivity contribution in [3.8, 4) is 5.75 Å². The molecule has 1 unspecified atom stereocenters. The Morgan fingerprint density at radius 3 is 2.33 bits per heavy atom. The van der Waals surface area contributed by atoms with Crippen LogP contribution in [0.5, 0.6) is 5.75 Å². The van der Waals surface area contributed by atoms with Crippen LogP contribution in [0.1, 0.15) is 30.6 Å². The van der Waals surface area contributed by atoms with Gasteiger partial charge in [0.1, 0.15) is 5.75 Å². The van der Waals surface area contributed by atoms with E-state index in [-0.39, 0.29) is 24.5 Å². The topological polar surface area (TPSA) is 67.4 Å². The fourth-order valence-electron chi connectivity index (χ4n) is 1.98. The quantitative estimate of drug-likeness (QED) is 0.821. The highest BCUT2D eigenvalue weighted by molar-refractivity contribution is 5.96. The summed E-state index contributed by atoms with van der Waals surface area (Å²) in [6, 6.07) is 16.1. The molecule has 0 heterocycles. The molecule has 0 aliphatic rings. The highest BCUT2D eigenvalue weighted by atomic mass is 16.5. The number of rotatable bonds is 7. The van der Waals surface area contributed by atoms with Gasteiger partial charge >= 0.3 is 0 Å². The molecule has 0 aliphatic carbocycles. The van der Waals surface area contributed by atoms with Crippen molar-refractivity contribution < 1.29 is 14.3 Å². The molecule has 0 fully saturated rings. The average molecular weight is 326 g/mol. The van der Waals surface area contributed by atoms with Crippen molar-refractivity contribution in [3.05, 3.63) is 60.2 Å². The predicted molar refractivity (Wildman–Crippen MR) is 94.2 cm³/mol. The van der Waals surface area contributed by atoms with Crippen molar-refractivity contribution in [2.75, 3.05) is 11.9 Å². The van der Waals surface area contributed by atoms with Crippen LogP contribution in [-0.2, 0) is 4.79 Å². The summed E-state index contributed by atoms with van der Waals surface area (Å²) in [6.45, 7) is 3.90. The van der Waals surface area contributed by atoms with Crippen molar-refractivity contribution in [3.63, 3.8) is 0 Å². The van der Waals surface area contributed by atoms with Gasteiger partial charge < -0.3 is 15.4 Å². The molecule has 5 heteroatoms. The van der Waals surface area contributed by atoms with Crippen molar-refractivity contribution in [2.45, 2.75) is 26.3 Å². The zero-order chi connectivity index (χ0) is 17.4. The van der Waals surface area contributed by atoms with E-state index in [1.807, 2.05) is 32.0 Å². The maximum atomic E-state index is 12.0. The molecular formula is C19H22N2O3. The second-order valence-electron chi connectivity index (χ2n) is 5.51. The lowest BCUT2D eigenvalue weighted by molar-refractivity contribution is -0.118. The van der Waals surface area contributed by atoms with Crippen LogP contribution >= 0.6 is 0 Å². The van der Waals surface area contributed by atoms with Crippen LogP contribution in [0.25, 0.3) is 0 Å². The van der Waals surface area contributed by atoms with Crippen molar-refractivity contribution in [2.24, 2.45) is 0 Å². The lowest BCUT2D eigenvalue weighted by Gasteiger charge is -2.12. The molecule has 0 saturated carbocycles. The summed E-state index contributed by atoms with van der Waals surface area (Å²) in [5, 5.41) is 5.63. The van der Waals surface area contributed by atoms with E-state index in [1.165, 1.54) is 0 Å². The molecule has 0 bridgehead atoms. The molecule has 2 aromatic rings. The first-order valence-corrected chi connectivity index (χ1v) is 7.97. The van der Waals surface area contributed by atoms with Gasteiger partial charge in [0.15, 0.2) is 6.61 Å². The third-order valence-electron chi connectivity index (χ3n) is 3.53. The van der Waals surface area contributed by atoms with Crippen LogP contribution in [0.4, 0.5) is 5.69 Å². The zero-order valence-electron chi connectivity index (χ0n) is 13.9. The van der Waals surface area contributed by atoms with Crippen LogP contribution in [-0.4, -0.2) is 24.5 Å². The van der Waals surface area contributed by atoms with E-state index in [4.69, 9.17) is 4.74 Å². The number of carbonyl (C=O) groups excluding carboxylic acids is 2. The molecular weight excluding hydrogens is 304 g/mol. The molecule has 2 rings (SSSR count). The first-order chi connectivity index (χ1) is 11.6. The van der Waals surface area contributed by atoms with Gasteiger partial charge in [0, 0.05) is 17.3 Å². The minimum Gasteiger partial charge on any atom is -0.484 e. The molecule has 0 saturated heterocycles. The van der Waals surface area contributed by atoms with Crippen molar-refractivity contribution in [1.82, 2.24) is 5.32 Å². The van der Waals surface area contributed by atoms with Gasteiger partial charge in [-0.05, 0) is 49.7 Å². The van der Waals surface area contributed by atoms with E-state index in [9.17, 15) is 9.59 Å². The van der Waals surface area contributed by atoms with Gasteiger partial charge in [0.25, 0.3) is 11.8 Å². The Kier molecular flexibility index (Phi) is 6.37. The van der Waals surface area contributed by atoms with Gasteiger partial charge in [-0.2, -0.15) is 0 Å². The van der Waals surface area contributed by atoms with E-state index in [0.29, 0.717) is 17.0 Å². The number of anilines is 1. The Hall–Kier alpha value is -2.82. The van der Waals surface area contributed by atoms with Gasteiger partial charge in [0.2, 0.25) is 0 Å². The number of ether oxygens (including phenoxy) is 1. The first-order valence-electron chi connectivity index (χ1n) is 7.97. The summed E-state index contributed by atoms with van der Waals surface area (Å²) in [4.78, 5) is 23.9. The van der Waals surface area contributed by atoms with E-state index in [0.717, 1.165) is 6.42 Å². The van der Waals surface area contributed by atoms with E-state index >= 15 is 0 Å². The molecule has 0 spiro atoms. The molecule has 1 atom stereocenters. The summed E-state index contributed by atoms with van der Waals surface area (Å²) in [7, 11) is 0. The normalized spacial score (nSPS) is 11.4. The van der Waals surface area contributed by atoms with Gasteiger partial charge in [0.05, 0.1) is 0 Å². The monoisotopic (exact) mass is 326 g/mol. The zero-order valence-corrected chi connectivity index (χ0v) is 13.9. The van der Waals surface area contributed by atoms with Crippen LogP contribution < -0.4 is 15.4 Å². The summed E-state index contributed by atoms with van der Waals surface area (Å²) in [5.74, 6) is 0.273. The van der Waals surface area contributed by atoms with Crippen molar-refractivity contribution in [1.29, 1.82) is 0 Å². The standard InChI is InChI=1S/C19H22N2O3/c1-3-14(2)20-19(23)15-9-11-16(12-10-15)21-18(22)13-24-17-7-5-4-6-8-17/h4-12,14H,3,13H2,1-2H3,(H,20,23)(H,21,22). The van der Waals surface area contributed by atoms with Crippen molar-refractivity contribution >= 4 is 17.5 Å². The molecule has 0 aromatic heterocycles. The highest BCUT2D eigenvalue weighted by Gasteiger charge is 2.09. The van der Waals surface area contributed by atoms with Crippen LogP contribution in [0.15, 0.2) is 54.6 Å². The maximum absolute atomic E-state index is 12.0. The lowest BCUT2D eigenvalue weighted by Crippen LogP contribution is -2.31. The highest BCUT2D eigenvalue weighted by Crippen LogP contribution is 2.11. The molecule has 2 amide bonds. The Morgan fingerprint density at radius 1 is 1.04 bits per heavy atom. The Balaban J connectivity index is 1.84.